The zero-order valence-electron chi connectivity index (χ0n) is 17.2. The molecular formula is C24H27N3O3. The van der Waals surface area contributed by atoms with Crippen LogP contribution < -0.4 is 4.74 Å². The molecule has 1 fully saturated rings. The molecule has 1 unspecified atom stereocenters. The third-order valence-electron chi connectivity index (χ3n) is 5.37. The van der Waals surface area contributed by atoms with Crippen LogP contribution in [0.1, 0.15) is 24.0 Å². The highest BCUT2D eigenvalue weighted by molar-refractivity contribution is 5.78. The molecule has 0 N–H and O–H groups in total. The molecule has 1 aliphatic heterocycles. The number of carbonyl (C=O) groups is 1. The predicted octanol–water partition coefficient (Wildman–Crippen LogP) is 3.63. The number of aromatic nitrogens is 2. The minimum absolute atomic E-state index is 0.0593. The quantitative estimate of drug-likeness (QED) is 0.574. The largest absolute Gasteiger partial charge is 0.496 e. The number of carbonyl (C=O) groups excluding carboxylic acids is 1. The summed E-state index contributed by atoms with van der Waals surface area (Å²) < 4.78 is 13.1. The zero-order chi connectivity index (χ0) is 20.8. The van der Waals surface area contributed by atoms with Crippen LogP contribution in [0.2, 0.25) is 0 Å². The summed E-state index contributed by atoms with van der Waals surface area (Å²) in [7, 11) is 1.66. The summed E-state index contributed by atoms with van der Waals surface area (Å²) in [6.45, 7) is 1.85. The summed E-state index contributed by atoms with van der Waals surface area (Å²) >= 11 is 0. The first-order chi connectivity index (χ1) is 14.7. The Morgan fingerprint density at radius 2 is 2.00 bits per heavy atom. The molecule has 0 saturated carbocycles. The average molecular weight is 405 g/mol. The number of rotatable bonds is 8. The van der Waals surface area contributed by atoms with Gasteiger partial charge in [0.1, 0.15) is 5.75 Å². The zero-order valence-corrected chi connectivity index (χ0v) is 17.2. The van der Waals surface area contributed by atoms with E-state index in [1.54, 1.807) is 18.0 Å². The van der Waals surface area contributed by atoms with Crippen LogP contribution in [0.4, 0.5) is 0 Å². The van der Waals surface area contributed by atoms with Crippen LogP contribution in [-0.4, -0.2) is 47.0 Å². The number of amides is 1. The third kappa shape index (κ3) is 4.89. The Balaban J connectivity index is 1.49. The Hall–Kier alpha value is -3.12. The van der Waals surface area contributed by atoms with Crippen molar-refractivity contribution in [2.45, 2.75) is 31.9 Å². The van der Waals surface area contributed by atoms with Gasteiger partial charge in [-0.3, -0.25) is 4.79 Å². The third-order valence-corrected chi connectivity index (χ3v) is 5.37. The molecule has 30 heavy (non-hydrogen) atoms. The van der Waals surface area contributed by atoms with E-state index in [9.17, 15) is 4.79 Å². The van der Waals surface area contributed by atoms with Crippen LogP contribution in [0.3, 0.4) is 0 Å². The van der Waals surface area contributed by atoms with Crippen molar-refractivity contribution in [2.75, 3.05) is 20.3 Å². The Morgan fingerprint density at radius 1 is 1.20 bits per heavy atom. The number of hydrogen-bond acceptors (Lipinski definition) is 4. The standard InChI is InChI=1S/C24H27N3O3/c1-29-23-12-6-5-8-20(23)17-26(18-22-11-7-13-30-22)24(28)14-19-15-25-27(16-19)21-9-3-2-4-10-21/h2-6,8-10,12,15-16,22H,7,11,13-14,17-18H2,1H3. The summed E-state index contributed by atoms with van der Waals surface area (Å²) in [5.41, 5.74) is 2.86. The summed E-state index contributed by atoms with van der Waals surface area (Å²) in [5.74, 6) is 0.851. The molecule has 0 bridgehead atoms. The molecule has 6 heteroatoms. The molecule has 1 amide bonds. The van der Waals surface area contributed by atoms with Crippen LogP contribution in [-0.2, 0) is 22.5 Å². The van der Waals surface area contributed by atoms with Gasteiger partial charge in [-0.05, 0) is 36.6 Å². The topological polar surface area (TPSA) is 56.6 Å². The van der Waals surface area contributed by atoms with Gasteiger partial charge in [0.05, 0.1) is 31.5 Å². The highest BCUT2D eigenvalue weighted by atomic mass is 16.5. The fourth-order valence-electron chi connectivity index (χ4n) is 3.79. The SMILES string of the molecule is COc1ccccc1CN(CC1CCCO1)C(=O)Cc1cnn(-c2ccccc2)c1. The molecule has 0 aliphatic carbocycles. The number of para-hydroxylation sites is 2. The molecule has 1 saturated heterocycles. The lowest BCUT2D eigenvalue weighted by molar-refractivity contribution is -0.132. The lowest BCUT2D eigenvalue weighted by Gasteiger charge is -2.26. The molecule has 1 atom stereocenters. The minimum atomic E-state index is 0.0593. The van der Waals surface area contributed by atoms with E-state index in [0.717, 1.165) is 42.0 Å². The molecule has 156 valence electrons. The van der Waals surface area contributed by atoms with E-state index in [-0.39, 0.29) is 12.0 Å². The van der Waals surface area contributed by atoms with Crippen molar-refractivity contribution in [3.8, 4) is 11.4 Å². The van der Waals surface area contributed by atoms with Crippen LogP contribution in [0, 0.1) is 0 Å². The molecular weight excluding hydrogens is 378 g/mol. The van der Waals surface area contributed by atoms with Crippen molar-refractivity contribution < 1.29 is 14.3 Å². The summed E-state index contributed by atoms with van der Waals surface area (Å²) in [6.07, 6.45) is 6.11. The number of ether oxygens (including phenoxy) is 2. The molecule has 1 aliphatic rings. The van der Waals surface area contributed by atoms with E-state index in [1.807, 2.05) is 65.7 Å². The van der Waals surface area contributed by atoms with Crippen molar-refractivity contribution in [1.82, 2.24) is 14.7 Å². The van der Waals surface area contributed by atoms with Gasteiger partial charge in [0, 0.05) is 31.5 Å². The summed E-state index contributed by atoms with van der Waals surface area (Å²) in [4.78, 5) is 15.1. The maximum Gasteiger partial charge on any atom is 0.227 e. The van der Waals surface area contributed by atoms with Crippen LogP contribution >= 0.6 is 0 Å². The fourth-order valence-corrected chi connectivity index (χ4v) is 3.79. The van der Waals surface area contributed by atoms with E-state index >= 15 is 0 Å². The van der Waals surface area contributed by atoms with Gasteiger partial charge in [-0.15, -0.1) is 0 Å². The second kappa shape index (κ2) is 9.59. The number of benzene rings is 2. The maximum absolute atomic E-state index is 13.2. The van der Waals surface area contributed by atoms with Gasteiger partial charge < -0.3 is 14.4 Å². The Bertz CT molecular complexity index is 965. The van der Waals surface area contributed by atoms with E-state index < -0.39 is 0 Å². The minimum Gasteiger partial charge on any atom is -0.496 e. The molecule has 3 aromatic rings. The summed E-state index contributed by atoms with van der Waals surface area (Å²) in [6, 6.07) is 17.7. The molecule has 4 rings (SSSR count). The lowest BCUT2D eigenvalue weighted by atomic mass is 10.1. The lowest BCUT2D eigenvalue weighted by Crippen LogP contribution is -2.37. The van der Waals surface area contributed by atoms with Gasteiger partial charge in [-0.25, -0.2) is 4.68 Å². The van der Waals surface area contributed by atoms with Crippen molar-refractivity contribution >= 4 is 5.91 Å². The van der Waals surface area contributed by atoms with Gasteiger partial charge in [-0.1, -0.05) is 36.4 Å². The molecule has 2 aromatic carbocycles. The first-order valence-corrected chi connectivity index (χ1v) is 10.3. The Kier molecular flexibility index (Phi) is 6.44. The monoisotopic (exact) mass is 405 g/mol. The first-order valence-electron chi connectivity index (χ1n) is 10.3. The summed E-state index contributed by atoms with van der Waals surface area (Å²) in [5, 5.41) is 4.41. The highest BCUT2D eigenvalue weighted by Crippen LogP contribution is 2.22. The van der Waals surface area contributed by atoms with Gasteiger partial charge in [-0.2, -0.15) is 5.10 Å². The van der Waals surface area contributed by atoms with Crippen LogP contribution in [0.5, 0.6) is 5.75 Å². The first kappa shape index (κ1) is 20.2. The van der Waals surface area contributed by atoms with E-state index in [0.29, 0.717) is 19.5 Å². The van der Waals surface area contributed by atoms with Crippen molar-refractivity contribution in [3.05, 3.63) is 78.1 Å². The Labute approximate surface area is 177 Å². The normalized spacial score (nSPS) is 15.8. The maximum atomic E-state index is 13.2. The van der Waals surface area contributed by atoms with Gasteiger partial charge >= 0.3 is 0 Å². The molecule has 2 heterocycles. The second-order valence-electron chi connectivity index (χ2n) is 7.53. The van der Waals surface area contributed by atoms with Crippen LogP contribution in [0.25, 0.3) is 5.69 Å². The van der Waals surface area contributed by atoms with Crippen molar-refractivity contribution in [3.63, 3.8) is 0 Å². The Morgan fingerprint density at radius 3 is 2.77 bits per heavy atom. The number of methoxy groups -OCH3 is 1. The molecule has 0 radical (unpaired) electrons. The van der Waals surface area contributed by atoms with Gasteiger partial charge in [0.15, 0.2) is 0 Å². The smallest absolute Gasteiger partial charge is 0.227 e. The number of hydrogen-bond donors (Lipinski definition) is 0. The van der Waals surface area contributed by atoms with Crippen LogP contribution in [0.15, 0.2) is 67.0 Å². The van der Waals surface area contributed by atoms with Gasteiger partial charge in [0.25, 0.3) is 0 Å². The fraction of sp³-hybridized carbons (Fsp3) is 0.333. The van der Waals surface area contributed by atoms with Gasteiger partial charge in [0.2, 0.25) is 5.91 Å². The van der Waals surface area contributed by atoms with Crippen molar-refractivity contribution in [1.29, 1.82) is 0 Å². The highest BCUT2D eigenvalue weighted by Gasteiger charge is 2.24. The molecule has 6 nitrogen and oxygen atoms in total. The number of nitrogens with zero attached hydrogens (tertiary/aromatic N) is 3. The molecule has 0 spiro atoms. The molecule has 1 aromatic heterocycles. The average Bonchev–Trinajstić information content (AvgIpc) is 3.46. The van der Waals surface area contributed by atoms with Crippen molar-refractivity contribution in [2.24, 2.45) is 0 Å². The predicted molar refractivity (Wildman–Crippen MR) is 115 cm³/mol. The van der Waals surface area contributed by atoms with E-state index in [1.165, 1.54) is 0 Å². The van der Waals surface area contributed by atoms with E-state index in [2.05, 4.69) is 5.10 Å². The second-order valence-corrected chi connectivity index (χ2v) is 7.53. The van der Waals surface area contributed by atoms with E-state index in [4.69, 9.17) is 9.47 Å².